The van der Waals surface area contributed by atoms with Crippen molar-refractivity contribution in [2.45, 2.75) is 95.4 Å². The molecular formula is C26H39N3O2. The number of guanidine groups is 1. The van der Waals surface area contributed by atoms with Gasteiger partial charge in [-0.15, -0.1) is 0 Å². The van der Waals surface area contributed by atoms with Gasteiger partial charge in [0.2, 0.25) is 0 Å². The molecule has 5 nitrogen and oxygen atoms in total. The number of phenols is 1. The van der Waals surface area contributed by atoms with E-state index >= 15 is 0 Å². The molecule has 0 radical (unpaired) electrons. The normalized spacial score (nSPS) is 25.7. The fourth-order valence-electron chi connectivity index (χ4n) is 6.04. The maximum absolute atomic E-state index is 13.7. The molecule has 1 heterocycles. The van der Waals surface area contributed by atoms with Crippen LogP contribution in [-0.4, -0.2) is 34.0 Å². The van der Waals surface area contributed by atoms with Crippen LogP contribution < -0.4 is 5.32 Å². The van der Waals surface area contributed by atoms with E-state index in [0.717, 1.165) is 30.7 Å². The highest BCUT2D eigenvalue weighted by Gasteiger charge is 2.50. The van der Waals surface area contributed by atoms with Crippen LogP contribution >= 0.6 is 0 Å². The van der Waals surface area contributed by atoms with Crippen molar-refractivity contribution in [3.05, 3.63) is 29.8 Å². The number of carbonyl (C=O) groups excluding carboxylic acids is 1. The van der Waals surface area contributed by atoms with Gasteiger partial charge in [0.15, 0.2) is 5.96 Å². The van der Waals surface area contributed by atoms with Crippen LogP contribution in [0.2, 0.25) is 0 Å². The molecule has 3 fully saturated rings. The largest absolute Gasteiger partial charge is 0.508 e. The number of nitrogens with zero attached hydrogens (tertiary/aromatic N) is 1. The Hall–Kier alpha value is -2.04. The first-order valence-corrected chi connectivity index (χ1v) is 12.5. The Morgan fingerprint density at radius 1 is 0.968 bits per heavy atom. The third-order valence-electron chi connectivity index (χ3n) is 7.91. The number of amides is 1. The molecule has 31 heavy (non-hydrogen) atoms. The van der Waals surface area contributed by atoms with Gasteiger partial charge in [-0.2, -0.15) is 0 Å². The summed E-state index contributed by atoms with van der Waals surface area (Å²) < 4.78 is 0. The van der Waals surface area contributed by atoms with Crippen LogP contribution in [0, 0.1) is 17.2 Å². The molecule has 4 rings (SSSR count). The lowest BCUT2D eigenvalue weighted by molar-refractivity contribution is -0.132. The van der Waals surface area contributed by atoms with E-state index in [1.54, 1.807) is 17.0 Å². The fourth-order valence-corrected chi connectivity index (χ4v) is 6.04. The van der Waals surface area contributed by atoms with E-state index in [1.807, 2.05) is 12.1 Å². The summed E-state index contributed by atoms with van der Waals surface area (Å²) in [5.41, 5.74) is 0.497. The zero-order chi connectivity index (χ0) is 21.7. The van der Waals surface area contributed by atoms with Gasteiger partial charge in [0.1, 0.15) is 11.3 Å². The molecule has 1 aliphatic heterocycles. The highest BCUT2D eigenvalue weighted by atomic mass is 16.3. The average molecular weight is 426 g/mol. The second-order valence-electron chi connectivity index (χ2n) is 10.2. The van der Waals surface area contributed by atoms with Crippen LogP contribution in [0.4, 0.5) is 0 Å². The molecule has 3 N–H and O–H groups in total. The highest BCUT2D eigenvalue weighted by molar-refractivity contribution is 6.07. The van der Waals surface area contributed by atoms with Crippen molar-refractivity contribution in [3.8, 4) is 5.75 Å². The van der Waals surface area contributed by atoms with Crippen molar-refractivity contribution in [3.63, 3.8) is 0 Å². The number of hydrogen-bond acceptors (Lipinski definition) is 3. The van der Waals surface area contributed by atoms with Crippen molar-refractivity contribution < 1.29 is 9.90 Å². The van der Waals surface area contributed by atoms with Gasteiger partial charge in [0, 0.05) is 6.54 Å². The second-order valence-corrected chi connectivity index (χ2v) is 10.2. The molecule has 170 valence electrons. The minimum atomic E-state index is -0.578. The summed E-state index contributed by atoms with van der Waals surface area (Å²) in [6.07, 6.45) is 16.5. The third kappa shape index (κ3) is 5.42. The standard InChI is InChI=1S/C26H39N3O2/c27-25-28-26(19-22-9-5-2-6-10-22,17-15-20-7-3-1-4-8-20)24(31)29(25)18-16-21-11-13-23(30)14-12-21/h11-14,20,22,30H,1-10,15-19H2,(H2,27,28)/t26-/m1/s1. The van der Waals surface area contributed by atoms with E-state index in [2.05, 4.69) is 5.32 Å². The number of rotatable bonds is 8. The molecule has 1 aromatic carbocycles. The molecule has 1 saturated heterocycles. The Morgan fingerprint density at radius 2 is 1.58 bits per heavy atom. The summed E-state index contributed by atoms with van der Waals surface area (Å²) in [6.45, 7) is 0.519. The van der Waals surface area contributed by atoms with Gasteiger partial charge in [-0.1, -0.05) is 76.3 Å². The first-order chi connectivity index (χ1) is 15.1. The van der Waals surface area contributed by atoms with Gasteiger partial charge in [-0.25, -0.2) is 0 Å². The number of benzene rings is 1. The van der Waals surface area contributed by atoms with E-state index in [-0.39, 0.29) is 17.6 Å². The predicted octanol–water partition coefficient (Wildman–Crippen LogP) is 5.37. The number of aromatic hydroxyl groups is 1. The van der Waals surface area contributed by atoms with Crippen LogP contribution in [0.15, 0.2) is 24.3 Å². The summed E-state index contributed by atoms with van der Waals surface area (Å²) >= 11 is 0. The summed E-state index contributed by atoms with van der Waals surface area (Å²) in [4.78, 5) is 15.4. The van der Waals surface area contributed by atoms with E-state index in [4.69, 9.17) is 5.41 Å². The van der Waals surface area contributed by atoms with Gasteiger partial charge < -0.3 is 10.4 Å². The van der Waals surface area contributed by atoms with Gasteiger partial charge in [0.25, 0.3) is 5.91 Å². The van der Waals surface area contributed by atoms with Crippen LogP contribution in [0.5, 0.6) is 5.75 Å². The number of phenolic OH excluding ortho intramolecular Hbond substituents is 1. The van der Waals surface area contributed by atoms with Crippen LogP contribution in [0.25, 0.3) is 0 Å². The summed E-state index contributed by atoms with van der Waals surface area (Å²) in [7, 11) is 0. The Balaban J connectivity index is 1.45. The molecule has 5 heteroatoms. The molecule has 1 atom stereocenters. The third-order valence-corrected chi connectivity index (χ3v) is 7.91. The SMILES string of the molecule is N=C1N[C@](CCC2CCCCC2)(CC2CCCCC2)C(=O)N1CCc1ccc(O)cc1. The van der Waals surface area contributed by atoms with Crippen molar-refractivity contribution in [2.24, 2.45) is 11.8 Å². The lowest BCUT2D eigenvalue weighted by atomic mass is 9.75. The highest BCUT2D eigenvalue weighted by Crippen LogP contribution is 2.38. The molecular weight excluding hydrogens is 386 g/mol. The first-order valence-electron chi connectivity index (χ1n) is 12.5. The molecule has 1 amide bonds. The van der Waals surface area contributed by atoms with E-state index in [0.29, 0.717) is 18.9 Å². The van der Waals surface area contributed by atoms with Crippen LogP contribution in [0.1, 0.15) is 89.0 Å². The Bertz CT molecular complexity index is 750. The predicted molar refractivity (Wildman–Crippen MR) is 124 cm³/mol. The van der Waals surface area contributed by atoms with E-state index in [9.17, 15) is 9.90 Å². The Labute approximate surface area is 187 Å². The van der Waals surface area contributed by atoms with Crippen molar-refractivity contribution in [1.82, 2.24) is 10.2 Å². The lowest BCUT2D eigenvalue weighted by Gasteiger charge is -2.34. The smallest absolute Gasteiger partial charge is 0.255 e. The molecule has 2 aliphatic carbocycles. The maximum atomic E-state index is 13.7. The number of carbonyl (C=O) groups is 1. The molecule has 1 aromatic rings. The Kier molecular flexibility index (Phi) is 7.19. The van der Waals surface area contributed by atoms with E-state index < -0.39 is 5.54 Å². The fraction of sp³-hybridized carbons (Fsp3) is 0.692. The van der Waals surface area contributed by atoms with Gasteiger partial charge in [-0.3, -0.25) is 15.1 Å². The number of hydrogen-bond donors (Lipinski definition) is 3. The van der Waals surface area contributed by atoms with Crippen LogP contribution in [-0.2, 0) is 11.2 Å². The van der Waals surface area contributed by atoms with Crippen molar-refractivity contribution in [2.75, 3.05) is 6.54 Å². The summed E-state index contributed by atoms with van der Waals surface area (Å²) in [5, 5.41) is 21.5. The molecule has 0 spiro atoms. The molecule has 0 bridgehead atoms. The maximum Gasteiger partial charge on any atom is 0.255 e. The quantitative estimate of drug-likeness (QED) is 0.524. The minimum absolute atomic E-state index is 0.123. The van der Waals surface area contributed by atoms with Gasteiger partial charge in [-0.05, 0) is 55.2 Å². The van der Waals surface area contributed by atoms with Gasteiger partial charge in [0.05, 0.1) is 0 Å². The molecule has 0 aromatic heterocycles. The Morgan fingerprint density at radius 3 is 2.23 bits per heavy atom. The van der Waals surface area contributed by atoms with Crippen LogP contribution in [0.3, 0.4) is 0 Å². The summed E-state index contributed by atoms with van der Waals surface area (Å²) in [5.74, 6) is 2.00. The topological polar surface area (TPSA) is 76.4 Å². The summed E-state index contributed by atoms with van der Waals surface area (Å²) in [6, 6.07) is 7.15. The average Bonchev–Trinajstić information content (AvgIpc) is 3.02. The van der Waals surface area contributed by atoms with Crippen molar-refractivity contribution in [1.29, 1.82) is 5.41 Å². The monoisotopic (exact) mass is 425 g/mol. The lowest BCUT2D eigenvalue weighted by Crippen LogP contribution is -2.49. The number of nitrogens with one attached hydrogen (secondary N) is 2. The second kappa shape index (κ2) is 10.1. The zero-order valence-electron chi connectivity index (χ0n) is 18.9. The molecule has 0 unspecified atom stereocenters. The van der Waals surface area contributed by atoms with Crippen molar-refractivity contribution >= 4 is 11.9 Å². The molecule has 2 saturated carbocycles. The zero-order valence-corrected chi connectivity index (χ0v) is 18.9. The van der Waals surface area contributed by atoms with E-state index in [1.165, 1.54) is 64.2 Å². The van der Waals surface area contributed by atoms with Gasteiger partial charge >= 0.3 is 0 Å². The first kappa shape index (κ1) is 22.2. The minimum Gasteiger partial charge on any atom is -0.508 e. The molecule has 3 aliphatic rings.